The summed E-state index contributed by atoms with van der Waals surface area (Å²) in [5.74, 6) is -0.960. The highest BCUT2D eigenvalue weighted by molar-refractivity contribution is 7.93. The maximum Gasteiger partial charge on any atom is 0.324 e. The molecule has 1 heterocycles. The Kier molecular flexibility index (Phi) is 2.94. The second-order valence-corrected chi connectivity index (χ2v) is 6.11. The first kappa shape index (κ1) is 12.7. The van der Waals surface area contributed by atoms with Gasteiger partial charge in [0.15, 0.2) is 15.1 Å². The van der Waals surface area contributed by atoms with Crippen LogP contribution in [0.5, 0.6) is 5.75 Å². The summed E-state index contributed by atoms with van der Waals surface area (Å²) in [5, 5.41) is 10.3. The van der Waals surface area contributed by atoms with Crippen LogP contribution in [-0.4, -0.2) is 38.4 Å². The van der Waals surface area contributed by atoms with Crippen molar-refractivity contribution in [2.75, 3.05) is 19.0 Å². The molecule has 0 aromatic heterocycles. The van der Waals surface area contributed by atoms with Crippen LogP contribution in [0.1, 0.15) is 5.56 Å². The largest absolute Gasteiger partial charge is 0.495 e. The Bertz CT molecular complexity index is 608. The maximum atomic E-state index is 12.3. The first-order chi connectivity index (χ1) is 8.39. The number of hydrogen-bond acceptors (Lipinski definition) is 5. The molecule has 98 valence electrons. The summed E-state index contributed by atoms with van der Waals surface area (Å²) in [6.07, 6.45) is 0. The average molecular weight is 271 g/mol. The van der Waals surface area contributed by atoms with Gasteiger partial charge in [0.05, 0.1) is 17.7 Å². The summed E-state index contributed by atoms with van der Waals surface area (Å²) in [7, 11) is -2.45. The van der Waals surface area contributed by atoms with Gasteiger partial charge in [0, 0.05) is 6.54 Å². The zero-order valence-corrected chi connectivity index (χ0v) is 10.7. The van der Waals surface area contributed by atoms with Crippen LogP contribution in [0.15, 0.2) is 17.0 Å². The van der Waals surface area contributed by atoms with Crippen LogP contribution in [0, 0.1) is 6.92 Å². The lowest BCUT2D eigenvalue weighted by molar-refractivity contribution is -0.136. The number of carboxylic acid groups (broad SMARTS) is 1. The van der Waals surface area contributed by atoms with E-state index < -0.39 is 21.1 Å². The lowest BCUT2D eigenvalue weighted by Gasteiger charge is -2.26. The number of methoxy groups -OCH3 is 1. The third-order valence-corrected chi connectivity index (χ3v) is 5.15. The Morgan fingerprint density at radius 2 is 2.17 bits per heavy atom. The van der Waals surface area contributed by atoms with Crippen LogP contribution in [-0.2, 0) is 14.6 Å². The molecule has 1 aromatic carbocycles. The molecule has 0 amide bonds. The number of aliphatic carboxylic acids is 1. The number of ether oxygens (including phenoxy) is 1. The molecule has 1 atom stereocenters. The predicted molar refractivity (Wildman–Crippen MR) is 64.8 cm³/mol. The molecule has 0 spiro atoms. The lowest BCUT2D eigenvalue weighted by atomic mass is 10.2. The van der Waals surface area contributed by atoms with E-state index in [1.807, 2.05) is 0 Å². The minimum absolute atomic E-state index is 0.0144. The molecule has 18 heavy (non-hydrogen) atoms. The first-order valence-electron chi connectivity index (χ1n) is 5.27. The number of fused-ring (bicyclic) bond motifs is 1. The fourth-order valence-electron chi connectivity index (χ4n) is 2.04. The van der Waals surface area contributed by atoms with Gasteiger partial charge in [-0.15, -0.1) is 0 Å². The number of aryl methyl sites for hydroxylation is 1. The highest BCUT2D eigenvalue weighted by atomic mass is 32.2. The van der Waals surface area contributed by atoms with E-state index in [0.717, 1.165) is 0 Å². The summed E-state index contributed by atoms with van der Waals surface area (Å²) in [6, 6.07) is 3.25. The molecule has 0 bridgehead atoms. The van der Waals surface area contributed by atoms with Gasteiger partial charge >= 0.3 is 5.97 Å². The molecule has 2 N–H and O–H groups in total. The predicted octanol–water partition coefficient (Wildman–Crippen LogP) is 0.656. The molecule has 1 aromatic rings. The Labute approximate surface area is 104 Å². The SMILES string of the molecule is COc1ccc(C)c2c1NCC(C(=O)O)S2(=O)=O. The quantitative estimate of drug-likeness (QED) is 0.820. The second kappa shape index (κ2) is 4.16. The van der Waals surface area contributed by atoms with Crippen LogP contribution < -0.4 is 10.1 Å². The number of sulfone groups is 1. The minimum Gasteiger partial charge on any atom is -0.495 e. The van der Waals surface area contributed by atoms with Crippen molar-refractivity contribution >= 4 is 21.5 Å². The molecule has 1 aliphatic rings. The van der Waals surface area contributed by atoms with Gasteiger partial charge in [0.25, 0.3) is 0 Å². The van der Waals surface area contributed by atoms with Crippen molar-refractivity contribution in [3.63, 3.8) is 0 Å². The molecule has 0 saturated carbocycles. The van der Waals surface area contributed by atoms with Gasteiger partial charge in [-0.25, -0.2) is 8.42 Å². The fraction of sp³-hybridized carbons (Fsp3) is 0.364. The normalized spacial score (nSPS) is 20.7. The Hall–Kier alpha value is -1.76. The molecular weight excluding hydrogens is 258 g/mol. The highest BCUT2D eigenvalue weighted by Crippen LogP contribution is 2.39. The van der Waals surface area contributed by atoms with Crippen LogP contribution in [0.25, 0.3) is 0 Å². The summed E-state index contributed by atoms with van der Waals surface area (Å²) < 4.78 is 29.6. The number of hydrogen-bond donors (Lipinski definition) is 2. The highest BCUT2D eigenvalue weighted by Gasteiger charge is 2.41. The standard InChI is InChI=1S/C11H13NO5S/c1-6-3-4-7(17-2)9-10(6)18(15,16)8(5-12-9)11(13)14/h3-4,8,12H,5H2,1-2H3,(H,13,14). The summed E-state index contributed by atoms with van der Waals surface area (Å²) >= 11 is 0. The first-order valence-corrected chi connectivity index (χ1v) is 6.82. The monoisotopic (exact) mass is 271 g/mol. The van der Waals surface area contributed by atoms with Gasteiger partial charge in [0.2, 0.25) is 0 Å². The van der Waals surface area contributed by atoms with Crippen molar-refractivity contribution in [2.24, 2.45) is 0 Å². The maximum absolute atomic E-state index is 12.3. The number of anilines is 1. The van der Waals surface area contributed by atoms with E-state index >= 15 is 0 Å². The molecule has 2 rings (SSSR count). The molecule has 1 aliphatic heterocycles. The molecule has 0 radical (unpaired) electrons. The van der Waals surface area contributed by atoms with E-state index in [4.69, 9.17) is 9.84 Å². The molecule has 6 nitrogen and oxygen atoms in total. The number of carboxylic acids is 1. The summed E-state index contributed by atoms with van der Waals surface area (Å²) in [4.78, 5) is 11.0. The van der Waals surface area contributed by atoms with Crippen molar-refractivity contribution in [1.29, 1.82) is 0 Å². The van der Waals surface area contributed by atoms with Crippen molar-refractivity contribution in [3.8, 4) is 5.75 Å². The number of benzene rings is 1. The number of nitrogens with one attached hydrogen (secondary N) is 1. The topological polar surface area (TPSA) is 92.7 Å². The van der Waals surface area contributed by atoms with Gasteiger partial charge < -0.3 is 15.2 Å². The molecule has 7 heteroatoms. The van der Waals surface area contributed by atoms with Gasteiger partial charge in [-0.1, -0.05) is 6.07 Å². The molecular formula is C11H13NO5S. The van der Waals surface area contributed by atoms with Crippen molar-refractivity contribution < 1.29 is 23.1 Å². The zero-order chi connectivity index (χ0) is 13.5. The molecule has 1 unspecified atom stereocenters. The van der Waals surface area contributed by atoms with E-state index in [-0.39, 0.29) is 11.4 Å². The van der Waals surface area contributed by atoms with Gasteiger partial charge in [0.1, 0.15) is 5.75 Å². The Morgan fingerprint density at radius 1 is 1.50 bits per heavy atom. The Morgan fingerprint density at radius 3 is 2.72 bits per heavy atom. The third kappa shape index (κ3) is 1.71. The molecule has 0 aliphatic carbocycles. The van der Waals surface area contributed by atoms with Gasteiger partial charge in [-0.05, 0) is 18.6 Å². The summed E-state index contributed by atoms with van der Waals surface area (Å²) in [6.45, 7) is 1.46. The van der Waals surface area contributed by atoms with Crippen molar-refractivity contribution in [2.45, 2.75) is 17.1 Å². The Balaban J connectivity index is 2.72. The van der Waals surface area contributed by atoms with Gasteiger partial charge in [-0.2, -0.15) is 0 Å². The van der Waals surface area contributed by atoms with E-state index in [0.29, 0.717) is 17.0 Å². The van der Waals surface area contributed by atoms with Crippen LogP contribution in [0.4, 0.5) is 5.69 Å². The summed E-state index contributed by atoms with van der Waals surface area (Å²) in [5.41, 5.74) is 0.847. The van der Waals surface area contributed by atoms with Crippen LogP contribution >= 0.6 is 0 Å². The fourth-order valence-corrected chi connectivity index (χ4v) is 3.87. The van der Waals surface area contributed by atoms with Crippen molar-refractivity contribution in [1.82, 2.24) is 0 Å². The van der Waals surface area contributed by atoms with E-state index in [2.05, 4.69) is 5.32 Å². The van der Waals surface area contributed by atoms with E-state index in [9.17, 15) is 13.2 Å². The molecule has 0 fully saturated rings. The van der Waals surface area contributed by atoms with Crippen LogP contribution in [0.3, 0.4) is 0 Å². The number of rotatable bonds is 2. The van der Waals surface area contributed by atoms with Gasteiger partial charge in [-0.3, -0.25) is 4.79 Å². The average Bonchev–Trinajstić information content (AvgIpc) is 2.27. The lowest BCUT2D eigenvalue weighted by Crippen LogP contribution is -2.40. The van der Waals surface area contributed by atoms with Crippen LogP contribution in [0.2, 0.25) is 0 Å². The zero-order valence-electron chi connectivity index (χ0n) is 9.93. The third-order valence-electron chi connectivity index (χ3n) is 2.93. The van der Waals surface area contributed by atoms with Crippen molar-refractivity contribution in [3.05, 3.63) is 17.7 Å². The van der Waals surface area contributed by atoms with E-state index in [1.165, 1.54) is 7.11 Å². The van der Waals surface area contributed by atoms with E-state index in [1.54, 1.807) is 19.1 Å². The molecule has 0 saturated heterocycles. The smallest absolute Gasteiger partial charge is 0.324 e. The minimum atomic E-state index is -3.89. The second-order valence-electron chi connectivity index (χ2n) is 4.04. The number of carbonyl (C=O) groups is 1.